The molecule has 0 bridgehead atoms. The number of carbonyl (C=O) groups excluding carboxylic acids is 4. The van der Waals surface area contributed by atoms with Crippen molar-refractivity contribution in [2.24, 2.45) is 27.1 Å². The summed E-state index contributed by atoms with van der Waals surface area (Å²) in [5.74, 6) is -2.76. The molecular formula is C95H107N15O26. The number of carbonyl (C=O) groups is 4. The monoisotopic (exact) mass is 1870 g/mol. The van der Waals surface area contributed by atoms with Gasteiger partial charge in [-0.15, -0.1) is 0 Å². The Morgan fingerprint density at radius 2 is 0.676 bits per heavy atom. The van der Waals surface area contributed by atoms with Crippen molar-refractivity contribution in [2.45, 2.75) is 179 Å². The number of nitrogens with zero attached hydrogens (tertiary/aromatic N) is 13. The summed E-state index contributed by atoms with van der Waals surface area (Å²) >= 11 is 0. The minimum atomic E-state index is -1.37. The molecule has 0 radical (unpaired) electrons. The fourth-order valence-electron chi connectivity index (χ4n) is 17.4. The van der Waals surface area contributed by atoms with Crippen molar-refractivity contribution in [2.75, 3.05) is 61.5 Å². The van der Waals surface area contributed by atoms with E-state index in [4.69, 9.17) is 38.9 Å². The van der Waals surface area contributed by atoms with Crippen LogP contribution in [0.5, 0.6) is 0 Å². The van der Waals surface area contributed by atoms with Gasteiger partial charge in [-0.1, -0.05) is 86.6 Å². The van der Waals surface area contributed by atoms with Gasteiger partial charge in [0.05, 0.1) is 97.6 Å². The topological polar surface area (TPSA) is 606 Å². The SMILES string of the molecule is CC[C@@]1(C#N)C[C@@H](n2cc(C)c(=O)n(C(=O)c3ccccc3)c2=O)C[C@@H]1OCOC.CC[C@@]1(C#N)C[C@H](O)C[C@@H]1OCOC.COCO[C@H]1C[C@H](n2cc(C)c(=O)n(C(=O)c3ccccc3)c2=O)C[C@]1(C#N)CO.Cc1cn([C@H]2C[C@H](O)[C@@](C#N)(CO)C2)c(=O)[nH]c1=O.Cc1cn([C@H]2C[C@H](O)[C@@](C#N)(CO)C2)c(=O)n(C(=O)c2ccccc2)c1=O.O=C(c1ccccc1)n1c(=O)cc[nH]c1=O. The molecule has 41 heteroatoms. The van der Waals surface area contributed by atoms with Gasteiger partial charge in [0.15, 0.2) is 0 Å². The molecule has 5 aromatic heterocycles. The van der Waals surface area contributed by atoms with E-state index in [9.17, 15) is 114 Å². The number of nitriles is 5. The van der Waals surface area contributed by atoms with Gasteiger partial charge in [-0.05, 0) is 147 Å². The van der Waals surface area contributed by atoms with Crippen LogP contribution in [0.1, 0.15) is 179 Å². The van der Waals surface area contributed by atoms with Gasteiger partial charge in [-0.2, -0.15) is 44.6 Å². The first-order chi connectivity index (χ1) is 64.9. The number of aliphatic hydroxyl groups excluding tert-OH is 6. The first-order valence-electron chi connectivity index (χ1n) is 43.2. The van der Waals surface area contributed by atoms with Crippen molar-refractivity contribution in [3.63, 3.8) is 0 Å². The predicted molar refractivity (Wildman–Crippen MR) is 484 cm³/mol. The number of aryl methyl sites for hydroxylation is 4. The van der Waals surface area contributed by atoms with Gasteiger partial charge in [0.2, 0.25) is 0 Å². The minimum absolute atomic E-state index is 0.0399. The van der Waals surface area contributed by atoms with E-state index >= 15 is 0 Å². The number of nitrogens with one attached hydrogen (secondary N) is 2. The van der Waals surface area contributed by atoms with Crippen LogP contribution in [0, 0.1) is 111 Å². The Morgan fingerprint density at radius 1 is 0.382 bits per heavy atom. The van der Waals surface area contributed by atoms with Crippen LogP contribution in [-0.4, -0.2) is 199 Å². The van der Waals surface area contributed by atoms with Crippen LogP contribution in [0.4, 0.5) is 0 Å². The summed E-state index contributed by atoms with van der Waals surface area (Å²) in [5, 5.41) is 105. The fraction of sp³-hybridized carbons (Fsp3) is 0.442. The first-order valence-corrected chi connectivity index (χ1v) is 43.2. The maximum absolute atomic E-state index is 13.2. The summed E-state index contributed by atoms with van der Waals surface area (Å²) in [7, 11) is 4.50. The molecule has 0 saturated heterocycles. The Balaban J connectivity index is 0.000000187. The van der Waals surface area contributed by atoms with Crippen molar-refractivity contribution in [1.82, 2.24) is 46.5 Å². The summed E-state index contributed by atoms with van der Waals surface area (Å²) in [4.78, 5) is 178. The van der Waals surface area contributed by atoms with Gasteiger partial charge in [0.1, 0.15) is 36.6 Å². The highest BCUT2D eigenvalue weighted by atomic mass is 16.7. The highest BCUT2D eigenvalue weighted by Gasteiger charge is 2.53. The van der Waals surface area contributed by atoms with E-state index in [0.29, 0.717) is 67.9 Å². The fourth-order valence-corrected chi connectivity index (χ4v) is 17.4. The molecule has 718 valence electrons. The van der Waals surface area contributed by atoms with Crippen molar-refractivity contribution < 1.29 is 78.2 Å². The molecule has 4 aromatic carbocycles. The molecule has 5 aliphatic rings. The number of benzene rings is 4. The molecule has 8 N–H and O–H groups in total. The predicted octanol–water partition coefficient (Wildman–Crippen LogP) is 3.61. The Bertz CT molecular complexity index is 6470. The van der Waals surface area contributed by atoms with E-state index in [2.05, 4.69) is 28.2 Å². The highest BCUT2D eigenvalue weighted by molar-refractivity contribution is 5.97. The summed E-state index contributed by atoms with van der Waals surface area (Å²) in [5.41, 5.74) is -9.90. The molecule has 0 unspecified atom stereocenters. The van der Waals surface area contributed by atoms with E-state index in [1.807, 2.05) is 26.0 Å². The van der Waals surface area contributed by atoms with Gasteiger partial charge >= 0.3 is 28.4 Å². The third-order valence-electron chi connectivity index (χ3n) is 25.3. The van der Waals surface area contributed by atoms with Crippen molar-refractivity contribution in [3.05, 3.63) is 307 Å². The smallest absolute Gasteiger partial charge is 0.338 e. The molecule has 14 rings (SSSR count). The number of rotatable bonds is 22. The van der Waals surface area contributed by atoms with Gasteiger partial charge in [-0.3, -0.25) is 66.4 Å². The second-order valence-electron chi connectivity index (χ2n) is 33.8. The van der Waals surface area contributed by atoms with E-state index in [-0.39, 0.29) is 104 Å². The molecule has 0 spiro atoms. The van der Waals surface area contributed by atoms with Crippen LogP contribution in [0.3, 0.4) is 0 Å². The molecule has 41 nitrogen and oxygen atoms in total. The maximum atomic E-state index is 13.2. The average molecular weight is 1870 g/mol. The Morgan fingerprint density at radius 3 is 0.993 bits per heavy atom. The molecular weight excluding hydrogens is 1770 g/mol. The summed E-state index contributed by atoms with van der Waals surface area (Å²) < 4.78 is 39.1. The number of methoxy groups -OCH3 is 3. The summed E-state index contributed by atoms with van der Waals surface area (Å²) in [6.45, 7) is 8.70. The molecule has 0 aliphatic heterocycles. The molecule has 136 heavy (non-hydrogen) atoms. The molecule has 5 aliphatic carbocycles. The quantitative estimate of drug-likeness (QED) is 0.0449. The van der Waals surface area contributed by atoms with E-state index < -0.39 is 175 Å². The maximum Gasteiger partial charge on any atom is 0.338 e. The number of H-pyrrole nitrogens is 2. The lowest BCUT2D eigenvalue weighted by atomic mass is 9.83. The summed E-state index contributed by atoms with van der Waals surface area (Å²) in [6, 6.07) is 42.2. The van der Waals surface area contributed by atoms with Crippen LogP contribution >= 0.6 is 0 Å². The van der Waals surface area contributed by atoms with Crippen LogP contribution in [0.25, 0.3) is 0 Å². The largest absolute Gasteiger partial charge is 0.395 e. The lowest BCUT2D eigenvalue weighted by Crippen LogP contribution is -2.45. The lowest BCUT2D eigenvalue weighted by Gasteiger charge is -2.26. The van der Waals surface area contributed by atoms with Gasteiger partial charge in [0, 0.05) is 133 Å². The molecule has 5 heterocycles. The number of aromatic amines is 2. The average Bonchev–Trinajstić information content (AvgIpc) is 1.57. The van der Waals surface area contributed by atoms with Crippen molar-refractivity contribution in [1.29, 1.82) is 26.3 Å². The van der Waals surface area contributed by atoms with Gasteiger partial charge in [-0.25, -0.2) is 24.0 Å². The molecule has 15 atom stereocenters. The van der Waals surface area contributed by atoms with E-state index in [0.717, 1.165) is 6.07 Å². The van der Waals surface area contributed by atoms with Crippen LogP contribution in [0.2, 0.25) is 0 Å². The summed E-state index contributed by atoms with van der Waals surface area (Å²) in [6.07, 6.45) is 6.92. The van der Waals surface area contributed by atoms with Crippen LogP contribution in [-0.2, 0) is 28.4 Å². The van der Waals surface area contributed by atoms with Crippen molar-refractivity contribution in [3.8, 4) is 30.3 Å². The third kappa shape index (κ3) is 22.8. The zero-order valence-corrected chi connectivity index (χ0v) is 76.2. The lowest BCUT2D eigenvalue weighted by molar-refractivity contribution is -0.104. The Hall–Kier alpha value is -14.1. The zero-order chi connectivity index (χ0) is 99.9. The van der Waals surface area contributed by atoms with Gasteiger partial charge < -0.3 is 64.0 Å². The van der Waals surface area contributed by atoms with Gasteiger partial charge in [0.25, 0.3) is 51.4 Å². The first kappa shape index (κ1) is 106. The molecule has 0 amide bonds. The molecule has 5 saturated carbocycles. The minimum Gasteiger partial charge on any atom is -0.395 e. The Labute approximate surface area is 776 Å². The molecule has 5 fully saturated rings. The van der Waals surface area contributed by atoms with E-state index in [1.54, 1.807) is 118 Å². The standard InChI is InChI=1S/C22H25N3O5.C21H23N3O6.C19H19N3O5.C12H15N3O4.C11H8N2O3.C10H17NO3/c1-4-22(13-23)11-17(10-18(22)30-14-29-3)24-12-15(2)19(26)25(21(24)28)20(27)16-8-6-5-7-9-16;1-14-10-23(16-8-17(30-13-29-2)21(9-16,11-22)12-25)20(28)24(18(14)26)19(27)15-6-4-3-5-7-15;1-12-9-21(14-7-15(24)19(8-14,10-20)11-23)18(27)22(16(12)25)17(26)13-5-3-2-4-6-13;1-7-4-15(11(19)14-10(7)18)8-2-9(17)12(3-8,5-13)6-16;14-9-6-7-12-11(16)13(9)10(15)8-4-2-1-3-5-8;1-3-10(6-11)5-8(12)4-9(10)14-7-13-2/h5-9,12,17-18H,4,10-11,14H2,1-3H3;3-7,10,16-17,25H,8-9,12-13H2,1-2H3;2-6,9,14-15,23-24H,7-8,11H2,1H3;4,8-9,16-17H,2-3,6H2,1H3,(H,14,18,19);1-7H,(H,12,16);8-9,12H,3-5,7H2,1-2H3/t17-,18-,22-;16-,17-,21-;14-,15-,19-;8-,9-,12-;;8-,9+,10+/m0000.1/s1. The number of hydrogen-bond donors (Lipinski definition) is 8. The Kier molecular flexibility index (Phi) is 36.3. The highest BCUT2D eigenvalue weighted by Crippen LogP contribution is 2.49. The number of aliphatic hydroxyl groups is 6. The van der Waals surface area contributed by atoms with Crippen LogP contribution < -0.4 is 56.2 Å². The normalized spacial score (nSPS) is 24.3. The van der Waals surface area contributed by atoms with Crippen LogP contribution in [0.15, 0.2) is 206 Å². The number of hydrogen-bond acceptors (Lipinski definition) is 31. The number of ether oxygens (including phenoxy) is 6. The van der Waals surface area contributed by atoms with E-state index in [1.165, 1.54) is 102 Å². The molecule has 9 aromatic rings. The third-order valence-corrected chi connectivity index (χ3v) is 25.3. The second kappa shape index (κ2) is 46.7. The number of aromatic nitrogens is 10. The zero-order valence-electron chi connectivity index (χ0n) is 76.2. The van der Waals surface area contributed by atoms with Crippen molar-refractivity contribution >= 4 is 23.6 Å². The second-order valence-corrected chi connectivity index (χ2v) is 33.8.